The van der Waals surface area contributed by atoms with E-state index in [1.807, 2.05) is 23.1 Å². The Kier molecular flexibility index (Phi) is 2.98. The highest BCUT2D eigenvalue weighted by Gasteiger charge is 2.40. The topological polar surface area (TPSA) is 32.3 Å². The average Bonchev–Trinajstić information content (AvgIpc) is 3.18. The minimum atomic E-state index is 0.105. The predicted molar refractivity (Wildman–Crippen MR) is 71.2 cm³/mol. The van der Waals surface area contributed by atoms with Crippen molar-refractivity contribution in [3.63, 3.8) is 0 Å². The Bertz CT molecular complexity index is 427. The van der Waals surface area contributed by atoms with E-state index >= 15 is 0 Å². The van der Waals surface area contributed by atoms with Crippen molar-refractivity contribution in [1.82, 2.24) is 10.2 Å². The van der Waals surface area contributed by atoms with Crippen molar-refractivity contribution in [2.24, 2.45) is 11.8 Å². The SMILES string of the molecule is C[C@@H]1CN(C(=O)NCC2CC2)[C@@H]1c1ccccc1. The summed E-state index contributed by atoms with van der Waals surface area (Å²) < 4.78 is 0. The minimum Gasteiger partial charge on any atom is -0.338 e. The molecule has 1 N–H and O–H groups in total. The Morgan fingerprint density at radius 3 is 2.67 bits per heavy atom. The van der Waals surface area contributed by atoms with E-state index in [9.17, 15) is 4.79 Å². The number of hydrogen-bond donors (Lipinski definition) is 1. The third kappa shape index (κ3) is 2.22. The normalized spacial score (nSPS) is 26.6. The van der Waals surface area contributed by atoms with Crippen LogP contribution in [0.5, 0.6) is 0 Å². The Balaban J connectivity index is 1.63. The summed E-state index contributed by atoms with van der Waals surface area (Å²) in [6.45, 7) is 3.93. The number of amides is 2. The van der Waals surface area contributed by atoms with Gasteiger partial charge in [0.2, 0.25) is 0 Å². The molecule has 2 fully saturated rings. The van der Waals surface area contributed by atoms with Crippen molar-refractivity contribution in [1.29, 1.82) is 0 Å². The van der Waals surface area contributed by atoms with E-state index in [0.717, 1.165) is 19.0 Å². The zero-order valence-electron chi connectivity index (χ0n) is 10.8. The van der Waals surface area contributed by atoms with Crippen LogP contribution in [0.2, 0.25) is 0 Å². The molecule has 1 aliphatic heterocycles. The van der Waals surface area contributed by atoms with Gasteiger partial charge in [-0.1, -0.05) is 37.3 Å². The lowest BCUT2D eigenvalue weighted by Gasteiger charge is -2.46. The molecule has 96 valence electrons. The van der Waals surface area contributed by atoms with Gasteiger partial charge in [-0.05, 0) is 30.2 Å². The van der Waals surface area contributed by atoms with Crippen molar-refractivity contribution in [3.8, 4) is 0 Å². The summed E-state index contributed by atoms with van der Waals surface area (Å²) >= 11 is 0. The maximum atomic E-state index is 12.1. The summed E-state index contributed by atoms with van der Waals surface area (Å²) in [4.78, 5) is 14.1. The van der Waals surface area contributed by atoms with Crippen LogP contribution >= 0.6 is 0 Å². The highest BCUT2D eigenvalue weighted by Crippen LogP contribution is 2.38. The van der Waals surface area contributed by atoms with Gasteiger partial charge in [-0.15, -0.1) is 0 Å². The van der Waals surface area contributed by atoms with E-state index in [4.69, 9.17) is 0 Å². The molecule has 0 radical (unpaired) electrons. The summed E-state index contributed by atoms with van der Waals surface area (Å²) in [5.41, 5.74) is 1.25. The number of urea groups is 1. The first-order valence-corrected chi connectivity index (χ1v) is 6.85. The summed E-state index contributed by atoms with van der Waals surface area (Å²) in [5.74, 6) is 1.29. The monoisotopic (exact) mass is 244 g/mol. The zero-order chi connectivity index (χ0) is 12.5. The van der Waals surface area contributed by atoms with Crippen LogP contribution in [0.25, 0.3) is 0 Å². The van der Waals surface area contributed by atoms with Gasteiger partial charge < -0.3 is 10.2 Å². The summed E-state index contributed by atoms with van der Waals surface area (Å²) in [7, 11) is 0. The molecule has 1 aromatic carbocycles. The zero-order valence-corrected chi connectivity index (χ0v) is 10.8. The average molecular weight is 244 g/mol. The van der Waals surface area contributed by atoms with Crippen LogP contribution in [0.1, 0.15) is 31.4 Å². The van der Waals surface area contributed by atoms with E-state index in [1.54, 1.807) is 0 Å². The third-order valence-electron chi connectivity index (χ3n) is 4.00. The summed E-state index contributed by atoms with van der Waals surface area (Å²) in [5, 5.41) is 3.05. The number of nitrogens with one attached hydrogen (secondary N) is 1. The van der Waals surface area contributed by atoms with Gasteiger partial charge >= 0.3 is 6.03 Å². The molecule has 2 atom stereocenters. The Morgan fingerprint density at radius 2 is 2.06 bits per heavy atom. The molecule has 18 heavy (non-hydrogen) atoms. The van der Waals surface area contributed by atoms with Gasteiger partial charge in [-0.3, -0.25) is 0 Å². The molecule has 1 aliphatic carbocycles. The van der Waals surface area contributed by atoms with Crippen molar-refractivity contribution < 1.29 is 4.79 Å². The van der Waals surface area contributed by atoms with Crippen molar-refractivity contribution in [2.75, 3.05) is 13.1 Å². The summed E-state index contributed by atoms with van der Waals surface area (Å²) in [6.07, 6.45) is 2.55. The maximum absolute atomic E-state index is 12.1. The first kappa shape index (κ1) is 11.6. The van der Waals surface area contributed by atoms with E-state index < -0.39 is 0 Å². The molecular weight excluding hydrogens is 224 g/mol. The van der Waals surface area contributed by atoms with Crippen LogP contribution in [-0.4, -0.2) is 24.0 Å². The molecule has 1 saturated heterocycles. The molecule has 0 aromatic heterocycles. The smallest absolute Gasteiger partial charge is 0.317 e. The predicted octanol–water partition coefficient (Wildman–Crippen LogP) is 2.80. The van der Waals surface area contributed by atoms with Gasteiger partial charge in [0.15, 0.2) is 0 Å². The molecule has 2 amide bonds. The van der Waals surface area contributed by atoms with Crippen LogP contribution in [0.15, 0.2) is 30.3 Å². The Hall–Kier alpha value is -1.51. The van der Waals surface area contributed by atoms with Gasteiger partial charge in [-0.25, -0.2) is 4.79 Å². The second kappa shape index (κ2) is 4.63. The fourth-order valence-corrected chi connectivity index (χ4v) is 2.72. The molecule has 1 aromatic rings. The second-order valence-corrected chi connectivity index (χ2v) is 5.61. The molecular formula is C15H20N2O. The second-order valence-electron chi connectivity index (χ2n) is 5.61. The molecule has 1 heterocycles. The fourth-order valence-electron chi connectivity index (χ4n) is 2.72. The van der Waals surface area contributed by atoms with E-state index in [2.05, 4.69) is 24.4 Å². The van der Waals surface area contributed by atoms with Crippen molar-refractivity contribution in [2.45, 2.75) is 25.8 Å². The molecule has 1 saturated carbocycles. The van der Waals surface area contributed by atoms with Crippen LogP contribution in [-0.2, 0) is 0 Å². The van der Waals surface area contributed by atoms with Gasteiger partial charge in [0.1, 0.15) is 0 Å². The minimum absolute atomic E-state index is 0.105. The molecule has 0 unspecified atom stereocenters. The third-order valence-corrected chi connectivity index (χ3v) is 4.00. The standard InChI is InChI=1S/C15H20N2O/c1-11-10-17(15(18)16-9-12-7-8-12)14(11)13-5-3-2-4-6-13/h2-6,11-12,14H,7-10H2,1H3,(H,16,18)/t11-,14+/m1/s1. The maximum Gasteiger partial charge on any atom is 0.317 e. The summed E-state index contributed by atoms with van der Waals surface area (Å²) in [6, 6.07) is 10.7. The molecule has 3 rings (SSSR count). The van der Waals surface area contributed by atoms with Crippen LogP contribution in [0.4, 0.5) is 4.79 Å². The molecule has 0 spiro atoms. The Morgan fingerprint density at radius 1 is 1.33 bits per heavy atom. The lowest BCUT2D eigenvalue weighted by Crippen LogP contribution is -2.55. The lowest BCUT2D eigenvalue weighted by atomic mass is 9.85. The molecule has 2 aliphatic rings. The first-order valence-electron chi connectivity index (χ1n) is 6.85. The highest BCUT2D eigenvalue weighted by atomic mass is 16.2. The van der Waals surface area contributed by atoms with Crippen LogP contribution in [0.3, 0.4) is 0 Å². The van der Waals surface area contributed by atoms with Gasteiger partial charge in [0.25, 0.3) is 0 Å². The van der Waals surface area contributed by atoms with Gasteiger partial charge in [0.05, 0.1) is 6.04 Å². The van der Waals surface area contributed by atoms with Gasteiger partial charge in [-0.2, -0.15) is 0 Å². The Labute approximate surface area is 108 Å². The first-order chi connectivity index (χ1) is 8.75. The number of carbonyl (C=O) groups is 1. The van der Waals surface area contributed by atoms with E-state index in [-0.39, 0.29) is 12.1 Å². The quantitative estimate of drug-likeness (QED) is 0.871. The van der Waals surface area contributed by atoms with Crippen LogP contribution < -0.4 is 5.32 Å². The fraction of sp³-hybridized carbons (Fsp3) is 0.533. The number of likely N-dealkylation sites (tertiary alicyclic amines) is 1. The molecule has 3 heteroatoms. The largest absolute Gasteiger partial charge is 0.338 e. The van der Waals surface area contributed by atoms with Crippen molar-refractivity contribution in [3.05, 3.63) is 35.9 Å². The number of nitrogens with zero attached hydrogens (tertiary/aromatic N) is 1. The van der Waals surface area contributed by atoms with E-state index in [0.29, 0.717) is 5.92 Å². The van der Waals surface area contributed by atoms with E-state index in [1.165, 1.54) is 18.4 Å². The number of benzene rings is 1. The van der Waals surface area contributed by atoms with Gasteiger partial charge in [0, 0.05) is 13.1 Å². The lowest BCUT2D eigenvalue weighted by molar-refractivity contribution is 0.0592. The number of rotatable bonds is 3. The molecule has 0 bridgehead atoms. The van der Waals surface area contributed by atoms with Crippen LogP contribution in [0, 0.1) is 11.8 Å². The highest BCUT2D eigenvalue weighted by molar-refractivity contribution is 5.76. The number of hydrogen-bond acceptors (Lipinski definition) is 1. The molecule has 3 nitrogen and oxygen atoms in total. The number of carbonyl (C=O) groups excluding carboxylic acids is 1. The van der Waals surface area contributed by atoms with Crippen molar-refractivity contribution >= 4 is 6.03 Å².